The largest absolute Gasteiger partial charge is 0.497 e. The Balaban J connectivity index is 1.86. The zero-order valence-electron chi connectivity index (χ0n) is 13.6. The lowest BCUT2D eigenvalue weighted by molar-refractivity contribution is 0.415. The number of ether oxygens (including phenoxy) is 1. The van der Waals surface area contributed by atoms with Gasteiger partial charge in [0, 0.05) is 17.3 Å². The minimum absolute atomic E-state index is 0.140. The molecule has 3 aromatic rings. The molecule has 0 bridgehead atoms. The average molecular weight is 313 g/mol. The molecule has 2 nitrogen and oxygen atoms in total. The van der Waals surface area contributed by atoms with Gasteiger partial charge in [-0.1, -0.05) is 60.7 Å². The van der Waals surface area contributed by atoms with Crippen molar-refractivity contribution < 1.29 is 4.74 Å². The summed E-state index contributed by atoms with van der Waals surface area (Å²) in [6.45, 7) is 0. The Morgan fingerprint density at radius 3 is 2.25 bits per heavy atom. The molecular weight excluding hydrogens is 294 g/mol. The van der Waals surface area contributed by atoms with Crippen LogP contribution in [0.5, 0.6) is 5.75 Å². The van der Waals surface area contributed by atoms with Crippen molar-refractivity contribution in [2.45, 2.75) is 6.04 Å². The molecule has 1 unspecified atom stereocenters. The van der Waals surface area contributed by atoms with E-state index >= 15 is 0 Å². The van der Waals surface area contributed by atoms with Gasteiger partial charge in [-0.05, 0) is 34.9 Å². The molecule has 1 aliphatic heterocycles. The Labute approximate surface area is 142 Å². The van der Waals surface area contributed by atoms with Gasteiger partial charge in [0.2, 0.25) is 0 Å². The summed E-state index contributed by atoms with van der Waals surface area (Å²) >= 11 is 0. The predicted molar refractivity (Wildman–Crippen MR) is 99.3 cm³/mol. The smallest absolute Gasteiger partial charge is 0.120 e. The molecule has 118 valence electrons. The van der Waals surface area contributed by atoms with Gasteiger partial charge in [0.15, 0.2) is 0 Å². The summed E-state index contributed by atoms with van der Waals surface area (Å²) in [6, 6.07) is 27.4. The maximum Gasteiger partial charge on any atom is 0.120 e. The molecule has 0 aliphatic carbocycles. The first-order valence-corrected chi connectivity index (χ1v) is 8.12. The molecule has 24 heavy (non-hydrogen) atoms. The van der Waals surface area contributed by atoms with Gasteiger partial charge in [-0.3, -0.25) is 0 Å². The highest BCUT2D eigenvalue weighted by Crippen LogP contribution is 2.40. The molecule has 0 spiro atoms. The number of methoxy groups -OCH3 is 1. The molecular formula is C22H19NO. The quantitative estimate of drug-likeness (QED) is 0.709. The van der Waals surface area contributed by atoms with Gasteiger partial charge in [0.05, 0.1) is 13.2 Å². The summed E-state index contributed by atoms with van der Waals surface area (Å²) in [6.07, 6.45) is 2.31. The predicted octanol–water partition coefficient (Wildman–Crippen LogP) is 5.29. The van der Waals surface area contributed by atoms with Crippen LogP contribution in [-0.4, -0.2) is 7.11 Å². The van der Waals surface area contributed by atoms with Gasteiger partial charge in [0.1, 0.15) is 5.75 Å². The van der Waals surface area contributed by atoms with E-state index in [0.717, 1.165) is 11.4 Å². The molecule has 0 fully saturated rings. The first-order valence-electron chi connectivity index (χ1n) is 8.12. The van der Waals surface area contributed by atoms with Crippen LogP contribution in [0.25, 0.3) is 5.57 Å². The molecule has 0 saturated heterocycles. The number of anilines is 1. The van der Waals surface area contributed by atoms with Crippen molar-refractivity contribution in [3.63, 3.8) is 0 Å². The molecule has 1 aliphatic rings. The molecule has 4 rings (SSSR count). The van der Waals surface area contributed by atoms with Gasteiger partial charge in [-0.25, -0.2) is 0 Å². The third-order valence-electron chi connectivity index (χ3n) is 4.40. The average Bonchev–Trinajstić information content (AvgIpc) is 2.68. The standard InChI is InChI=1S/C22H19NO/c1-24-18-12-13-19-20(16-8-4-2-5-9-16)15-21(23-22(19)14-18)17-10-6-3-7-11-17/h2-15,21,23H,1H3. The van der Waals surface area contributed by atoms with Crippen molar-refractivity contribution in [1.82, 2.24) is 0 Å². The van der Waals surface area contributed by atoms with Crippen molar-refractivity contribution in [3.05, 3.63) is 102 Å². The number of hydrogen-bond acceptors (Lipinski definition) is 2. The van der Waals surface area contributed by atoms with Crippen LogP contribution in [-0.2, 0) is 0 Å². The van der Waals surface area contributed by atoms with Crippen LogP contribution in [0.4, 0.5) is 5.69 Å². The Morgan fingerprint density at radius 1 is 0.833 bits per heavy atom. The number of hydrogen-bond donors (Lipinski definition) is 1. The van der Waals surface area contributed by atoms with Gasteiger partial charge < -0.3 is 10.1 Å². The van der Waals surface area contributed by atoms with E-state index in [0.29, 0.717) is 0 Å². The first-order chi connectivity index (χ1) is 11.8. The summed E-state index contributed by atoms with van der Waals surface area (Å²) in [5, 5.41) is 3.63. The molecule has 2 heteroatoms. The van der Waals surface area contributed by atoms with Crippen LogP contribution < -0.4 is 10.1 Å². The highest BCUT2D eigenvalue weighted by Gasteiger charge is 2.21. The fourth-order valence-electron chi connectivity index (χ4n) is 3.18. The lowest BCUT2D eigenvalue weighted by Gasteiger charge is -2.27. The molecule has 1 N–H and O–H groups in total. The van der Waals surface area contributed by atoms with Crippen LogP contribution in [0.15, 0.2) is 84.9 Å². The Kier molecular flexibility index (Phi) is 3.80. The lowest BCUT2D eigenvalue weighted by Crippen LogP contribution is -2.15. The van der Waals surface area contributed by atoms with Crippen molar-refractivity contribution in [2.75, 3.05) is 12.4 Å². The second-order valence-corrected chi connectivity index (χ2v) is 5.89. The first kappa shape index (κ1) is 14.6. The molecule has 0 radical (unpaired) electrons. The maximum absolute atomic E-state index is 5.40. The highest BCUT2D eigenvalue weighted by molar-refractivity contribution is 5.89. The Bertz CT molecular complexity index is 869. The Morgan fingerprint density at radius 2 is 1.54 bits per heavy atom. The second kappa shape index (κ2) is 6.25. The van der Waals surface area contributed by atoms with Crippen LogP contribution in [0.1, 0.15) is 22.7 Å². The monoisotopic (exact) mass is 313 g/mol. The zero-order valence-corrected chi connectivity index (χ0v) is 13.6. The van der Waals surface area contributed by atoms with Gasteiger partial charge in [-0.15, -0.1) is 0 Å². The van der Waals surface area contributed by atoms with Crippen molar-refractivity contribution in [2.24, 2.45) is 0 Å². The van der Waals surface area contributed by atoms with Gasteiger partial charge in [0.25, 0.3) is 0 Å². The minimum Gasteiger partial charge on any atom is -0.497 e. The number of rotatable bonds is 3. The maximum atomic E-state index is 5.40. The van der Waals surface area contributed by atoms with Crippen molar-refractivity contribution >= 4 is 11.3 Å². The second-order valence-electron chi connectivity index (χ2n) is 5.89. The summed E-state index contributed by atoms with van der Waals surface area (Å²) in [5.74, 6) is 0.863. The summed E-state index contributed by atoms with van der Waals surface area (Å²) in [4.78, 5) is 0. The SMILES string of the molecule is COc1ccc2c(c1)NC(c1ccccc1)C=C2c1ccccc1. The zero-order chi connectivity index (χ0) is 16.4. The van der Waals surface area contributed by atoms with E-state index in [1.165, 1.54) is 22.3 Å². The Hall–Kier alpha value is -3.00. The van der Waals surface area contributed by atoms with Crippen LogP contribution in [0.3, 0.4) is 0 Å². The van der Waals surface area contributed by atoms with Crippen molar-refractivity contribution in [3.8, 4) is 5.75 Å². The number of nitrogens with one attached hydrogen (secondary N) is 1. The lowest BCUT2D eigenvalue weighted by atomic mass is 9.89. The normalized spacial score (nSPS) is 15.9. The van der Waals surface area contributed by atoms with Crippen molar-refractivity contribution in [1.29, 1.82) is 0 Å². The highest BCUT2D eigenvalue weighted by atomic mass is 16.5. The summed E-state index contributed by atoms with van der Waals surface area (Å²) < 4.78 is 5.40. The molecule has 1 atom stereocenters. The van der Waals surface area contributed by atoms with E-state index in [9.17, 15) is 0 Å². The molecule has 0 saturated carbocycles. The topological polar surface area (TPSA) is 21.3 Å². The third-order valence-corrected chi connectivity index (χ3v) is 4.40. The van der Waals surface area contributed by atoms with E-state index in [1.54, 1.807) is 7.11 Å². The molecule has 3 aromatic carbocycles. The van der Waals surface area contributed by atoms with E-state index in [1.807, 2.05) is 12.1 Å². The third kappa shape index (κ3) is 2.67. The van der Waals surface area contributed by atoms with E-state index in [2.05, 4.69) is 78.1 Å². The van der Waals surface area contributed by atoms with E-state index < -0.39 is 0 Å². The summed E-state index contributed by atoms with van der Waals surface area (Å²) in [5.41, 5.74) is 6.03. The molecule has 0 amide bonds. The van der Waals surface area contributed by atoms with Crippen LogP contribution in [0.2, 0.25) is 0 Å². The van der Waals surface area contributed by atoms with E-state index in [4.69, 9.17) is 4.74 Å². The fourth-order valence-corrected chi connectivity index (χ4v) is 3.18. The number of benzene rings is 3. The molecule has 1 heterocycles. The number of fused-ring (bicyclic) bond motifs is 1. The minimum atomic E-state index is 0.140. The van der Waals surface area contributed by atoms with Gasteiger partial charge in [-0.2, -0.15) is 0 Å². The van der Waals surface area contributed by atoms with Gasteiger partial charge >= 0.3 is 0 Å². The van der Waals surface area contributed by atoms with Crippen LogP contribution in [0, 0.1) is 0 Å². The molecule has 0 aromatic heterocycles. The summed E-state index contributed by atoms with van der Waals surface area (Å²) in [7, 11) is 1.70. The fraction of sp³-hybridized carbons (Fsp3) is 0.0909. The van der Waals surface area contributed by atoms with Crippen LogP contribution >= 0.6 is 0 Å². The van der Waals surface area contributed by atoms with E-state index in [-0.39, 0.29) is 6.04 Å².